The van der Waals surface area contributed by atoms with Crippen LogP contribution in [-0.2, 0) is 19.4 Å². The van der Waals surface area contributed by atoms with Gasteiger partial charge in [-0.3, -0.25) is 0 Å². The molecule has 0 amide bonds. The van der Waals surface area contributed by atoms with Crippen LogP contribution in [0.3, 0.4) is 0 Å². The molecule has 0 spiro atoms. The van der Waals surface area contributed by atoms with Crippen molar-refractivity contribution in [2.45, 2.75) is 19.4 Å². The second-order valence-electron chi connectivity index (χ2n) is 6.41. The van der Waals surface area contributed by atoms with Crippen molar-refractivity contribution in [3.8, 4) is 0 Å². The summed E-state index contributed by atoms with van der Waals surface area (Å²) in [6.45, 7) is 1.98. The molecule has 4 rings (SSSR count). The van der Waals surface area contributed by atoms with Gasteiger partial charge in [0.05, 0.1) is 0 Å². The zero-order valence-corrected chi connectivity index (χ0v) is 15.3. The Hall–Kier alpha value is -2.07. The number of nitrogens with zero attached hydrogens (tertiary/aromatic N) is 3. The number of hydrogen-bond acceptors (Lipinski definition) is 2. The minimum atomic E-state index is 0.857. The second kappa shape index (κ2) is 6.44. The van der Waals surface area contributed by atoms with E-state index in [2.05, 4.69) is 86.1 Å². The Kier molecular flexibility index (Phi) is 4.15. The second-order valence-corrected chi connectivity index (χ2v) is 7.32. The van der Waals surface area contributed by atoms with Crippen LogP contribution >= 0.6 is 15.9 Å². The highest BCUT2D eigenvalue weighted by Crippen LogP contribution is 2.28. The third kappa shape index (κ3) is 3.11. The molecule has 3 aromatic rings. The molecule has 24 heavy (non-hydrogen) atoms. The maximum Gasteiger partial charge on any atom is 0.113 e. The molecule has 0 saturated heterocycles. The summed E-state index contributed by atoms with van der Waals surface area (Å²) in [5.74, 6) is 1.12. The minimum Gasteiger partial charge on any atom is -0.374 e. The number of hydrogen-bond donors (Lipinski definition) is 0. The molecule has 0 unspecified atom stereocenters. The van der Waals surface area contributed by atoms with Crippen LogP contribution in [0.15, 0.2) is 59.3 Å². The maximum atomic E-state index is 4.58. The fraction of sp³-hybridized carbons (Fsp3) is 0.250. The van der Waals surface area contributed by atoms with E-state index in [0.717, 1.165) is 36.2 Å². The van der Waals surface area contributed by atoms with E-state index in [-0.39, 0.29) is 0 Å². The Labute approximate surface area is 151 Å². The molecule has 0 N–H and O–H groups in total. The lowest BCUT2D eigenvalue weighted by atomic mass is 10.1. The van der Waals surface area contributed by atoms with Gasteiger partial charge in [-0.1, -0.05) is 40.2 Å². The normalized spacial score (nSPS) is 13.3. The summed E-state index contributed by atoms with van der Waals surface area (Å²) < 4.78 is 3.35. The van der Waals surface area contributed by atoms with Gasteiger partial charge in [0.2, 0.25) is 0 Å². The highest BCUT2D eigenvalue weighted by Gasteiger charge is 2.16. The van der Waals surface area contributed by atoms with E-state index >= 15 is 0 Å². The van der Waals surface area contributed by atoms with Crippen LogP contribution in [-0.4, -0.2) is 23.1 Å². The molecular formula is C20H20BrN3. The summed E-state index contributed by atoms with van der Waals surface area (Å²) in [6.07, 6.45) is 5.99. The molecule has 0 bridgehead atoms. The topological polar surface area (TPSA) is 21.1 Å². The number of aromatic nitrogens is 2. The van der Waals surface area contributed by atoms with Crippen molar-refractivity contribution in [3.05, 3.63) is 81.8 Å². The molecule has 122 valence electrons. The summed E-state index contributed by atoms with van der Waals surface area (Å²) in [6, 6.07) is 15.3. The maximum absolute atomic E-state index is 4.58. The van der Waals surface area contributed by atoms with Crippen molar-refractivity contribution < 1.29 is 0 Å². The molecule has 0 radical (unpaired) electrons. The van der Waals surface area contributed by atoms with Gasteiger partial charge in [0.15, 0.2) is 0 Å². The SMILES string of the molecule is CN1CCc2cc(Cc3nccn3Cc3ccc(Br)cc3)ccc21. The van der Waals surface area contributed by atoms with E-state index in [1.807, 2.05) is 6.20 Å². The molecule has 1 aliphatic rings. The zero-order valence-electron chi connectivity index (χ0n) is 13.7. The minimum absolute atomic E-state index is 0.857. The molecule has 1 aromatic heterocycles. The average molecular weight is 382 g/mol. The quantitative estimate of drug-likeness (QED) is 0.672. The number of anilines is 1. The molecule has 4 heteroatoms. The van der Waals surface area contributed by atoms with Gasteiger partial charge in [-0.05, 0) is 41.3 Å². The predicted octanol–water partition coefficient (Wildman–Crippen LogP) is 4.28. The standard InChI is InChI=1S/C20H20BrN3/c1-23-10-8-17-12-16(4-7-19(17)23)13-20-22-9-11-24(20)14-15-2-5-18(21)6-3-15/h2-7,9,11-12H,8,10,13-14H2,1H3. The van der Waals surface area contributed by atoms with Crippen LogP contribution in [0.25, 0.3) is 0 Å². The zero-order chi connectivity index (χ0) is 16.5. The Morgan fingerprint density at radius 1 is 1.08 bits per heavy atom. The van der Waals surface area contributed by atoms with E-state index in [4.69, 9.17) is 0 Å². The monoisotopic (exact) mass is 381 g/mol. The molecule has 2 aromatic carbocycles. The lowest BCUT2D eigenvalue weighted by molar-refractivity contribution is 0.740. The van der Waals surface area contributed by atoms with Crippen molar-refractivity contribution in [1.82, 2.24) is 9.55 Å². The molecular weight excluding hydrogens is 362 g/mol. The summed E-state index contributed by atoms with van der Waals surface area (Å²) in [5.41, 5.74) is 5.46. The predicted molar refractivity (Wildman–Crippen MR) is 102 cm³/mol. The fourth-order valence-electron chi connectivity index (χ4n) is 3.35. The number of halogens is 1. The lowest BCUT2D eigenvalue weighted by Gasteiger charge is -2.12. The van der Waals surface area contributed by atoms with Crippen molar-refractivity contribution in [3.63, 3.8) is 0 Å². The van der Waals surface area contributed by atoms with Crippen molar-refractivity contribution in [1.29, 1.82) is 0 Å². The molecule has 1 aliphatic heterocycles. The van der Waals surface area contributed by atoms with Crippen LogP contribution in [0.2, 0.25) is 0 Å². The van der Waals surface area contributed by atoms with Crippen LogP contribution < -0.4 is 4.90 Å². The first-order valence-electron chi connectivity index (χ1n) is 8.26. The number of imidazole rings is 1. The summed E-state index contributed by atoms with van der Waals surface area (Å²) in [4.78, 5) is 6.90. The van der Waals surface area contributed by atoms with Crippen LogP contribution in [0.5, 0.6) is 0 Å². The highest BCUT2D eigenvalue weighted by molar-refractivity contribution is 9.10. The number of rotatable bonds is 4. The largest absolute Gasteiger partial charge is 0.374 e. The lowest BCUT2D eigenvalue weighted by Crippen LogP contribution is -2.12. The first kappa shape index (κ1) is 15.5. The van der Waals surface area contributed by atoms with Gasteiger partial charge < -0.3 is 9.47 Å². The van der Waals surface area contributed by atoms with Gasteiger partial charge in [-0.2, -0.15) is 0 Å². The van der Waals surface area contributed by atoms with Crippen LogP contribution in [0, 0.1) is 0 Å². The highest BCUT2D eigenvalue weighted by atomic mass is 79.9. The third-order valence-electron chi connectivity index (χ3n) is 4.70. The Morgan fingerprint density at radius 2 is 1.88 bits per heavy atom. The van der Waals surface area contributed by atoms with Crippen molar-refractivity contribution in [2.24, 2.45) is 0 Å². The van der Waals surface area contributed by atoms with Crippen LogP contribution in [0.1, 0.15) is 22.5 Å². The number of benzene rings is 2. The summed E-state index contributed by atoms with van der Waals surface area (Å²) in [5, 5.41) is 0. The van der Waals surface area contributed by atoms with E-state index < -0.39 is 0 Å². The van der Waals surface area contributed by atoms with Gasteiger partial charge >= 0.3 is 0 Å². The van der Waals surface area contributed by atoms with Crippen molar-refractivity contribution in [2.75, 3.05) is 18.5 Å². The fourth-order valence-corrected chi connectivity index (χ4v) is 3.61. The molecule has 0 saturated carbocycles. The van der Waals surface area contributed by atoms with E-state index in [9.17, 15) is 0 Å². The first-order valence-corrected chi connectivity index (χ1v) is 9.06. The molecule has 3 nitrogen and oxygen atoms in total. The molecule has 2 heterocycles. The van der Waals surface area contributed by atoms with Crippen LogP contribution in [0.4, 0.5) is 5.69 Å². The van der Waals surface area contributed by atoms with E-state index in [1.54, 1.807) is 0 Å². The van der Waals surface area contributed by atoms with Gasteiger partial charge in [0.25, 0.3) is 0 Å². The molecule has 0 atom stereocenters. The number of likely N-dealkylation sites (N-methyl/N-ethyl adjacent to an activating group) is 1. The van der Waals surface area contributed by atoms with Gasteiger partial charge in [-0.25, -0.2) is 4.98 Å². The smallest absolute Gasteiger partial charge is 0.113 e. The van der Waals surface area contributed by atoms with Crippen molar-refractivity contribution >= 4 is 21.6 Å². The Balaban J connectivity index is 1.54. The van der Waals surface area contributed by atoms with E-state index in [0.29, 0.717) is 0 Å². The number of fused-ring (bicyclic) bond motifs is 1. The molecule has 0 aliphatic carbocycles. The van der Waals surface area contributed by atoms with Gasteiger partial charge in [-0.15, -0.1) is 0 Å². The summed E-state index contributed by atoms with van der Waals surface area (Å²) >= 11 is 3.49. The molecule has 0 fully saturated rings. The van der Waals surface area contributed by atoms with Gasteiger partial charge in [0.1, 0.15) is 5.82 Å². The van der Waals surface area contributed by atoms with E-state index in [1.165, 1.54) is 22.4 Å². The van der Waals surface area contributed by atoms with Gasteiger partial charge in [0, 0.05) is 49.1 Å². The average Bonchev–Trinajstić information content (AvgIpc) is 3.17. The Bertz CT molecular complexity index is 852. The Morgan fingerprint density at radius 3 is 2.71 bits per heavy atom. The first-order chi connectivity index (χ1) is 11.7. The third-order valence-corrected chi connectivity index (χ3v) is 5.23. The summed E-state index contributed by atoms with van der Waals surface area (Å²) in [7, 11) is 2.16.